The lowest BCUT2D eigenvalue weighted by Crippen LogP contribution is -2.46. The molecular weight excluding hydrogens is 264 g/mol. The topological polar surface area (TPSA) is 38.3 Å². The van der Waals surface area contributed by atoms with Crippen LogP contribution in [0, 0.1) is 0 Å². The third kappa shape index (κ3) is 4.33. The number of rotatable bonds is 4. The Hall–Kier alpha value is -1.91. The van der Waals surface area contributed by atoms with Crippen LogP contribution in [0.1, 0.15) is 26.3 Å². The molecule has 110 valence electrons. The molecule has 1 N–H and O–H groups in total. The van der Waals surface area contributed by atoms with Gasteiger partial charge in [0, 0.05) is 5.56 Å². The zero-order valence-corrected chi connectivity index (χ0v) is 11.8. The Bertz CT molecular complexity index is 467. The predicted octanol–water partition coefficient (Wildman–Crippen LogP) is 3.86. The summed E-state index contributed by atoms with van der Waals surface area (Å²) in [6.45, 7) is 8.32. The van der Waals surface area contributed by atoms with Crippen molar-refractivity contribution in [3.8, 4) is 0 Å². The van der Waals surface area contributed by atoms with Gasteiger partial charge >= 0.3 is 6.09 Å². The first-order valence-corrected chi connectivity index (χ1v) is 6.22. The Morgan fingerprint density at radius 3 is 2.30 bits per heavy atom. The molecule has 5 heteroatoms. The maximum Gasteiger partial charge on any atom is 0.408 e. The molecular formula is C15H19F2NO2. The molecule has 3 nitrogen and oxygen atoms in total. The third-order valence-corrected chi connectivity index (χ3v) is 2.46. The lowest BCUT2D eigenvalue weighted by Gasteiger charge is -2.27. The second-order valence-electron chi connectivity index (χ2n) is 5.35. The minimum absolute atomic E-state index is 0.194. The fourth-order valence-electron chi connectivity index (χ4n) is 1.57. The number of carbonyl (C=O) groups excluding carboxylic acids is 1. The molecule has 0 aliphatic carbocycles. The first-order valence-electron chi connectivity index (χ1n) is 6.22. The van der Waals surface area contributed by atoms with E-state index in [1.807, 2.05) is 0 Å². The number of alkyl halides is 2. The fourth-order valence-corrected chi connectivity index (χ4v) is 1.57. The largest absolute Gasteiger partial charge is 0.444 e. The van der Waals surface area contributed by atoms with E-state index in [9.17, 15) is 13.6 Å². The van der Waals surface area contributed by atoms with Crippen molar-refractivity contribution in [2.45, 2.75) is 38.3 Å². The first-order chi connectivity index (χ1) is 9.16. The molecule has 20 heavy (non-hydrogen) atoms. The van der Waals surface area contributed by atoms with E-state index in [4.69, 9.17) is 4.74 Å². The highest BCUT2D eigenvalue weighted by Crippen LogP contribution is 2.32. The van der Waals surface area contributed by atoms with E-state index in [1.165, 1.54) is 24.3 Å². The molecule has 1 rings (SSSR count). The molecule has 0 aliphatic rings. The van der Waals surface area contributed by atoms with Crippen LogP contribution in [-0.2, 0) is 10.7 Å². The summed E-state index contributed by atoms with van der Waals surface area (Å²) in [6.07, 6.45) is 0.0923. The molecule has 1 amide bonds. The van der Waals surface area contributed by atoms with Crippen molar-refractivity contribution in [2.24, 2.45) is 0 Å². The summed E-state index contributed by atoms with van der Waals surface area (Å²) in [6, 6.07) is 5.72. The minimum Gasteiger partial charge on any atom is -0.444 e. The minimum atomic E-state index is -3.26. The average Bonchev–Trinajstić information content (AvgIpc) is 2.34. The normalized spacial score (nSPS) is 13.4. The van der Waals surface area contributed by atoms with Crippen molar-refractivity contribution < 1.29 is 18.3 Å². The van der Waals surface area contributed by atoms with Crippen LogP contribution in [0.4, 0.5) is 13.6 Å². The molecule has 0 fully saturated rings. The Labute approximate surface area is 117 Å². The molecule has 0 saturated carbocycles. The SMILES string of the molecule is C=C[C@H](NC(=O)OC(C)(C)C)C(F)(F)c1ccccc1. The molecule has 0 spiro atoms. The number of carbonyl (C=O) groups is 1. The number of hydrogen-bond acceptors (Lipinski definition) is 2. The Kier molecular flexibility index (Phi) is 4.87. The summed E-state index contributed by atoms with van der Waals surface area (Å²) in [7, 11) is 0. The molecule has 0 bridgehead atoms. The smallest absolute Gasteiger partial charge is 0.408 e. The van der Waals surface area contributed by atoms with E-state index >= 15 is 0 Å². The quantitative estimate of drug-likeness (QED) is 0.852. The number of halogens is 2. The van der Waals surface area contributed by atoms with Crippen molar-refractivity contribution in [1.29, 1.82) is 0 Å². The molecule has 0 aliphatic heterocycles. The van der Waals surface area contributed by atoms with Gasteiger partial charge in [-0.25, -0.2) is 4.79 Å². The first kappa shape index (κ1) is 16.1. The summed E-state index contributed by atoms with van der Waals surface area (Å²) in [4.78, 5) is 11.6. The zero-order valence-electron chi connectivity index (χ0n) is 11.8. The second-order valence-corrected chi connectivity index (χ2v) is 5.35. The van der Waals surface area contributed by atoms with Crippen molar-refractivity contribution in [3.05, 3.63) is 48.6 Å². The van der Waals surface area contributed by atoms with Gasteiger partial charge in [-0.05, 0) is 20.8 Å². The fraction of sp³-hybridized carbons (Fsp3) is 0.400. The van der Waals surface area contributed by atoms with Crippen molar-refractivity contribution >= 4 is 6.09 Å². The van der Waals surface area contributed by atoms with Crippen LogP contribution in [-0.4, -0.2) is 17.7 Å². The van der Waals surface area contributed by atoms with E-state index in [1.54, 1.807) is 26.8 Å². The van der Waals surface area contributed by atoms with Crippen molar-refractivity contribution in [1.82, 2.24) is 5.32 Å². The van der Waals surface area contributed by atoms with E-state index in [0.29, 0.717) is 0 Å². The van der Waals surface area contributed by atoms with Gasteiger partial charge in [-0.3, -0.25) is 0 Å². The van der Waals surface area contributed by atoms with E-state index in [0.717, 1.165) is 6.08 Å². The highest BCUT2D eigenvalue weighted by molar-refractivity contribution is 5.68. The number of nitrogens with one attached hydrogen (secondary N) is 1. The lowest BCUT2D eigenvalue weighted by molar-refractivity contribution is -0.0323. The highest BCUT2D eigenvalue weighted by Gasteiger charge is 2.41. The molecule has 0 aromatic heterocycles. The summed E-state index contributed by atoms with van der Waals surface area (Å²) in [5.41, 5.74) is -0.946. The highest BCUT2D eigenvalue weighted by atomic mass is 19.3. The van der Waals surface area contributed by atoms with E-state index in [2.05, 4.69) is 11.9 Å². The van der Waals surface area contributed by atoms with Crippen LogP contribution in [0.15, 0.2) is 43.0 Å². The molecule has 1 aromatic rings. The molecule has 0 saturated heterocycles. The number of hydrogen-bond donors (Lipinski definition) is 1. The molecule has 1 aromatic carbocycles. The monoisotopic (exact) mass is 283 g/mol. The molecule has 0 heterocycles. The van der Waals surface area contributed by atoms with Crippen LogP contribution >= 0.6 is 0 Å². The summed E-state index contributed by atoms with van der Waals surface area (Å²) >= 11 is 0. The number of alkyl carbamates (subject to hydrolysis) is 1. The van der Waals surface area contributed by atoms with Crippen LogP contribution in [0.2, 0.25) is 0 Å². The van der Waals surface area contributed by atoms with Gasteiger partial charge in [-0.15, -0.1) is 6.58 Å². The number of ether oxygens (including phenoxy) is 1. The van der Waals surface area contributed by atoms with Gasteiger partial charge in [-0.1, -0.05) is 36.4 Å². The maximum atomic E-state index is 14.3. The Morgan fingerprint density at radius 1 is 1.30 bits per heavy atom. The van der Waals surface area contributed by atoms with Gasteiger partial charge in [-0.2, -0.15) is 8.78 Å². The molecule has 1 atom stereocenters. The molecule has 0 radical (unpaired) electrons. The van der Waals surface area contributed by atoms with Gasteiger partial charge in [0.25, 0.3) is 5.92 Å². The van der Waals surface area contributed by atoms with Crippen molar-refractivity contribution in [2.75, 3.05) is 0 Å². The maximum absolute atomic E-state index is 14.3. The number of benzene rings is 1. The lowest BCUT2D eigenvalue weighted by atomic mass is 10.0. The van der Waals surface area contributed by atoms with Crippen LogP contribution < -0.4 is 5.32 Å². The van der Waals surface area contributed by atoms with Crippen LogP contribution in [0.3, 0.4) is 0 Å². The summed E-state index contributed by atoms with van der Waals surface area (Å²) in [5.74, 6) is -3.26. The van der Waals surface area contributed by atoms with Crippen LogP contribution in [0.5, 0.6) is 0 Å². The average molecular weight is 283 g/mol. The van der Waals surface area contributed by atoms with Gasteiger partial charge in [0.15, 0.2) is 0 Å². The van der Waals surface area contributed by atoms with Crippen molar-refractivity contribution in [3.63, 3.8) is 0 Å². The standard InChI is InChI=1S/C15H19F2NO2/c1-5-12(18-13(19)20-14(2,3)4)15(16,17)11-9-7-6-8-10-11/h5-10,12H,1H2,2-4H3,(H,18,19)/t12-/m0/s1. The molecule has 0 unspecified atom stereocenters. The third-order valence-electron chi connectivity index (χ3n) is 2.46. The second kappa shape index (κ2) is 6.03. The van der Waals surface area contributed by atoms with E-state index in [-0.39, 0.29) is 5.56 Å². The number of amides is 1. The van der Waals surface area contributed by atoms with E-state index < -0.39 is 23.7 Å². The zero-order chi connectivity index (χ0) is 15.4. The summed E-state index contributed by atoms with van der Waals surface area (Å²) in [5, 5.41) is 2.13. The van der Waals surface area contributed by atoms with Gasteiger partial charge in [0.1, 0.15) is 11.6 Å². The predicted molar refractivity (Wildman–Crippen MR) is 73.7 cm³/mol. The Balaban J connectivity index is 2.85. The van der Waals surface area contributed by atoms with Gasteiger partial charge in [0.05, 0.1) is 0 Å². The van der Waals surface area contributed by atoms with Gasteiger partial charge in [0.2, 0.25) is 0 Å². The van der Waals surface area contributed by atoms with Gasteiger partial charge < -0.3 is 10.1 Å². The summed E-state index contributed by atoms with van der Waals surface area (Å²) < 4.78 is 33.5. The van der Waals surface area contributed by atoms with Crippen LogP contribution in [0.25, 0.3) is 0 Å². The Morgan fingerprint density at radius 2 is 1.85 bits per heavy atom.